The Kier molecular flexibility index (Phi) is 3.79. The van der Waals surface area contributed by atoms with E-state index >= 15 is 0 Å². The third kappa shape index (κ3) is 2.60. The van der Waals surface area contributed by atoms with Crippen molar-refractivity contribution in [1.29, 1.82) is 0 Å². The predicted octanol–water partition coefficient (Wildman–Crippen LogP) is 3.27. The van der Waals surface area contributed by atoms with Gasteiger partial charge in [0.15, 0.2) is 0 Å². The molecule has 2 aromatic rings. The predicted molar refractivity (Wildman–Crippen MR) is 75.3 cm³/mol. The van der Waals surface area contributed by atoms with Crippen LogP contribution in [0.2, 0.25) is 0 Å². The van der Waals surface area contributed by atoms with Crippen molar-refractivity contribution >= 4 is 27.4 Å². The van der Waals surface area contributed by atoms with Crippen molar-refractivity contribution in [3.05, 3.63) is 46.9 Å². The summed E-state index contributed by atoms with van der Waals surface area (Å²) >= 11 is 1.33. The molecule has 3 nitrogen and oxygen atoms in total. The van der Waals surface area contributed by atoms with Gasteiger partial charge in [0.05, 0.1) is 0 Å². The van der Waals surface area contributed by atoms with Gasteiger partial charge in [0, 0.05) is 17.8 Å². The zero-order valence-corrected chi connectivity index (χ0v) is 11.0. The number of hydrogen-bond acceptors (Lipinski definition) is 3. The van der Waals surface area contributed by atoms with Gasteiger partial charge in [0.25, 0.3) is 0 Å². The number of carbonyl (C=O) groups is 1. The minimum absolute atomic E-state index is 0.422. The van der Waals surface area contributed by atoms with Gasteiger partial charge in [-0.3, -0.25) is 0 Å². The van der Waals surface area contributed by atoms with Crippen LogP contribution in [0.4, 0.5) is 0 Å². The van der Waals surface area contributed by atoms with Crippen molar-refractivity contribution in [3.63, 3.8) is 0 Å². The molecule has 0 fully saturated rings. The number of carboxylic acids is 1. The number of benzene rings is 1. The molecule has 0 aliphatic carbocycles. The standard InChI is InChI=1S/C14H15NO2S/c1-9(2)7-15-8-11-10-5-3-4-6-12(10)18-13(11)14(16)17/h3-6,15H,1,7-8H2,2H3,(H,16,17). The lowest BCUT2D eigenvalue weighted by atomic mass is 10.1. The van der Waals surface area contributed by atoms with Gasteiger partial charge in [-0.2, -0.15) is 0 Å². The number of carboxylic acid groups (broad SMARTS) is 1. The molecule has 0 saturated heterocycles. The van der Waals surface area contributed by atoms with Gasteiger partial charge in [0.1, 0.15) is 4.88 Å². The van der Waals surface area contributed by atoms with Gasteiger partial charge >= 0.3 is 5.97 Å². The van der Waals surface area contributed by atoms with Gasteiger partial charge in [-0.05, 0) is 23.9 Å². The van der Waals surface area contributed by atoms with Crippen molar-refractivity contribution in [2.24, 2.45) is 0 Å². The quantitative estimate of drug-likeness (QED) is 0.812. The Bertz CT molecular complexity index is 601. The van der Waals surface area contributed by atoms with Crippen LogP contribution in [0.1, 0.15) is 22.2 Å². The molecule has 1 heterocycles. The molecule has 2 rings (SSSR count). The number of fused-ring (bicyclic) bond motifs is 1. The van der Waals surface area contributed by atoms with Crippen LogP contribution in [0.3, 0.4) is 0 Å². The Balaban J connectivity index is 2.36. The molecule has 1 aromatic carbocycles. The van der Waals surface area contributed by atoms with Gasteiger partial charge in [-0.15, -0.1) is 11.3 Å². The van der Waals surface area contributed by atoms with E-state index in [0.29, 0.717) is 18.0 Å². The molecule has 2 N–H and O–H groups in total. The summed E-state index contributed by atoms with van der Waals surface area (Å²) in [4.78, 5) is 11.7. The van der Waals surface area contributed by atoms with Gasteiger partial charge < -0.3 is 10.4 Å². The highest BCUT2D eigenvalue weighted by Gasteiger charge is 2.16. The highest BCUT2D eigenvalue weighted by molar-refractivity contribution is 7.21. The summed E-state index contributed by atoms with van der Waals surface area (Å²) in [5, 5.41) is 13.5. The van der Waals surface area contributed by atoms with Crippen molar-refractivity contribution in [1.82, 2.24) is 5.32 Å². The normalized spacial score (nSPS) is 10.7. The van der Waals surface area contributed by atoms with Crippen molar-refractivity contribution in [2.45, 2.75) is 13.5 Å². The molecule has 4 heteroatoms. The first-order valence-electron chi connectivity index (χ1n) is 5.68. The van der Waals surface area contributed by atoms with E-state index in [2.05, 4.69) is 11.9 Å². The van der Waals surface area contributed by atoms with Crippen LogP contribution in [0.25, 0.3) is 10.1 Å². The molecule has 0 spiro atoms. The van der Waals surface area contributed by atoms with Crippen LogP contribution in [-0.4, -0.2) is 17.6 Å². The summed E-state index contributed by atoms with van der Waals surface area (Å²) in [6, 6.07) is 7.78. The lowest BCUT2D eigenvalue weighted by Crippen LogP contribution is -2.16. The van der Waals surface area contributed by atoms with Crippen LogP contribution in [0.15, 0.2) is 36.4 Å². The highest BCUT2D eigenvalue weighted by Crippen LogP contribution is 2.31. The van der Waals surface area contributed by atoms with E-state index in [1.54, 1.807) is 0 Å². The molecule has 0 aliphatic rings. The molecular formula is C14H15NO2S. The average molecular weight is 261 g/mol. The minimum Gasteiger partial charge on any atom is -0.477 e. The maximum absolute atomic E-state index is 11.3. The van der Waals surface area contributed by atoms with Crippen molar-refractivity contribution < 1.29 is 9.90 Å². The first kappa shape index (κ1) is 12.8. The second kappa shape index (κ2) is 5.33. The smallest absolute Gasteiger partial charge is 0.346 e. The maximum atomic E-state index is 11.3. The van der Waals surface area contributed by atoms with Crippen molar-refractivity contribution in [2.75, 3.05) is 6.54 Å². The highest BCUT2D eigenvalue weighted by atomic mass is 32.1. The number of hydrogen-bond donors (Lipinski definition) is 2. The first-order chi connectivity index (χ1) is 8.59. The molecule has 1 aromatic heterocycles. The van der Waals surface area contributed by atoms with E-state index in [1.807, 2.05) is 31.2 Å². The van der Waals surface area contributed by atoms with Crippen LogP contribution in [0.5, 0.6) is 0 Å². The third-order valence-corrected chi connectivity index (χ3v) is 3.82. The van der Waals surface area contributed by atoms with E-state index in [1.165, 1.54) is 11.3 Å². The van der Waals surface area contributed by atoms with E-state index in [9.17, 15) is 9.90 Å². The molecule has 0 saturated carbocycles. The Morgan fingerprint density at radius 2 is 2.17 bits per heavy atom. The molecule has 18 heavy (non-hydrogen) atoms. The molecule has 0 unspecified atom stereocenters. The zero-order valence-electron chi connectivity index (χ0n) is 10.2. The summed E-state index contributed by atoms with van der Waals surface area (Å²) in [5.41, 5.74) is 1.90. The summed E-state index contributed by atoms with van der Waals surface area (Å²) in [7, 11) is 0. The van der Waals surface area contributed by atoms with E-state index in [0.717, 1.165) is 21.2 Å². The van der Waals surface area contributed by atoms with E-state index < -0.39 is 5.97 Å². The largest absolute Gasteiger partial charge is 0.477 e. The van der Waals surface area contributed by atoms with Crippen LogP contribution < -0.4 is 5.32 Å². The van der Waals surface area contributed by atoms with Gasteiger partial charge in [-0.1, -0.05) is 30.4 Å². The monoisotopic (exact) mass is 261 g/mol. The summed E-state index contributed by atoms with van der Waals surface area (Å²) in [5.74, 6) is -0.858. The SMILES string of the molecule is C=C(C)CNCc1c(C(=O)O)sc2ccccc12. The fourth-order valence-electron chi connectivity index (χ4n) is 1.85. The Labute approximate surface area is 110 Å². The molecule has 0 bridgehead atoms. The molecule has 0 amide bonds. The van der Waals surface area contributed by atoms with Gasteiger partial charge in [0.2, 0.25) is 0 Å². The number of rotatable bonds is 5. The number of nitrogens with one attached hydrogen (secondary N) is 1. The second-order valence-electron chi connectivity index (χ2n) is 4.27. The molecule has 0 aliphatic heterocycles. The fraction of sp³-hybridized carbons (Fsp3) is 0.214. The Morgan fingerprint density at radius 3 is 2.83 bits per heavy atom. The second-order valence-corrected chi connectivity index (χ2v) is 5.32. The molecule has 0 radical (unpaired) electrons. The molecular weight excluding hydrogens is 246 g/mol. The van der Waals surface area contributed by atoms with Crippen LogP contribution in [-0.2, 0) is 6.54 Å². The third-order valence-electron chi connectivity index (χ3n) is 2.62. The summed E-state index contributed by atoms with van der Waals surface area (Å²) in [6.07, 6.45) is 0. The number of aromatic carboxylic acids is 1. The lowest BCUT2D eigenvalue weighted by Gasteiger charge is -2.04. The van der Waals surface area contributed by atoms with Crippen molar-refractivity contribution in [3.8, 4) is 0 Å². The van der Waals surface area contributed by atoms with E-state index in [-0.39, 0.29) is 0 Å². The summed E-state index contributed by atoms with van der Waals surface area (Å²) < 4.78 is 1.02. The number of thiophene rings is 1. The minimum atomic E-state index is -0.858. The average Bonchev–Trinajstić information content (AvgIpc) is 2.68. The molecule has 0 atom stereocenters. The lowest BCUT2D eigenvalue weighted by molar-refractivity contribution is 0.0701. The van der Waals surface area contributed by atoms with Crippen LogP contribution in [0, 0.1) is 0 Å². The Hall–Kier alpha value is -1.65. The Morgan fingerprint density at radius 1 is 1.44 bits per heavy atom. The first-order valence-corrected chi connectivity index (χ1v) is 6.50. The molecule has 94 valence electrons. The fourth-order valence-corrected chi connectivity index (χ4v) is 2.91. The van der Waals surface area contributed by atoms with Crippen LogP contribution >= 0.6 is 11.3 Å². The summed E-state index contributed by atoms with van der Waals surface area (Å²) in [6.45, 7) is 7.01. The van der Waals surface area contributed by atoms with E-state index in [4.69, 9.17) is 0 Å². The maximum Gasteiger partial charge on any atom is 0.346 e. The zero-order chi connectivity index (χ0) is 13.1. The van der Waals surface area contributed by atoms with Gasteiger partial charge in [-0.25, -0.2) is 4.79 Å². The topological polar surface area (TPSA) is 49.3 Å².